The molecule has 3 heteroatoms. The largest absolute Gasteiger partial charge is 0.481 e. The predicted octanol–water partition coefficient (Wildman–Crippen LogP) is 3.47. The van der Waals surface area contributed by atoms with Crippen molar-refractivity contribution < 1.29 is 9.90 Å². The lowest BCUT2D eigenvalue weighted by atomic mass is 9.94. The van der Waals surface area contributed by atoms with Crippen molar-refractivity contribution in [2.45, 2.75) is 51.1 Å². The molecular weight excluding hydrogens is 238 g/mol. The van der Waals surface area contributed by atoms with E-state index in [1.165, 1.54) is 18.4 Å². The van der Waals surface area contributed by atoms with Crippen LogP contribution >= 0.6 is 0 Å². The Labute approximate surface area is 115 Å². The molecule has 2 atom stereocenters. The first-order valence-corrected chi connectivity index (χ1v) is 7.21. The molecule has 1 fully saturated rings. The summed E-state index contributed by atoms with van der Waals surface area (Å²) in [6.07, 6.45) is 4.63. The normalized spacial score (nSPS) is 22.1. The van der Waals surface area contributed by atoms with E-state index >= 15 is 0 Å². The van der Waals surface area contributed by atoms with Crippen molar-refractivity contribution in [1.82, 2.24) is 4.90 Å². The summed E-state index contributed by atoms with van der Waals surface area (Å²) >= 11 is 0. The third-order valence-electron chi connectivity index (χ3n) is 4.14. The van der Waals surface area contributed by atoms with Crippen LogP contribution in [0.15, 0.2) is 30.3 Å². The zero-order chi connectivity index (χ0) is 13.7. The Hall–Kier alpha value is -1.35. The van der Waals surface area contributed by atoms with Gasteiger partial charge in [-0.15, -0.1) is 0 Å². The summed E-state index contributed by atoms with van der Waals surface area (Å²) in [5.74, 6) is -0.683. The zero-order valence-corrected chi connectivity index (χ0v) is 11.6. The molecule has 3 nitrogen and oxygen atoms in total. The van der Waals surface area contributed by atoms with E-state index in [4.69, 9.17) is 5.11 Å². The van der Waals surface area contributed by atoms with Crippen molar-refractivity contribution in [3.8, 4) is 0 Å². The van der Waals surface area contributed by atoms with E-state index < -0.39 is 5.97 Å². The minimum Gasteiger partial charge on any atom is -0.481 e. The molecule has 1 aliphatic rings. The van der Waals surface area contributed by atoms with Gasteiger partial charge in [0.1, 0.15) is 0 Å². The molecule has 0 spiro atoms. The van der Waals surface area contributed by atoms with Crippen molar-refractivity contribution in [3.63, 3.8) is 0 Å². The first kappa shape index (κ1) is 14.1. The minimum atomic E-state index is -0.683. The second kappa shape index (κ2) is 6.71. The second-order valence-corrected chi connectivity index (χ2v) is 5.41. The molecule has 19 heavy (non-hydrogen) atoms. The third kappa shape index (κ3) is 3.80. The molecule has 0 amide bonds. The van der Waals surface area contributed by atoms with Crippen molar-refractivity contribution >= 4 is 5.97 Å². The summed E-state index contributed by atoms with van der Waals surface area (Å²) < 4.78 is 0. The van der Waals surface area contributed by atoms with E-state index in [0.717, 1.165) is 19.4 Å². The maximum Gasteiger partial charge on any atom is 0.303 e. The first-order valence-electron chi connectivity index (χ1n) is 7.21. The Morgan fingerprint density at radius 3 is 2.79 bits per heavy atom. The van der Waals surface area contributed by atoms with Gasteiger partial charge in [-0.25, -0.2) is 0 Å². The topological polar surface area (TPSA) is 40.5 Å². The highest BCUT2D eigenvalue weighted by atomic mass is 16.4. The van der Waals surface area contributed by atoms with Gasteiger partial charge in [-0.3, -0.25) is 9.69 Å². The van der Waals surface area contributed by atoms with Gasteiger partial charge in [-0.05, 0) is 38.3 Å². The molecule has 1 N–H and O–H groups in total. The molecule has 0 aromatic heterocycles. The van der Waals surface area contributed by atoms with Gasteiger partial charge in [-0.2, -0.15) is 0 Å². The van der Waals surface area contributed by atoms with E-state index in [1.54, 1.807) is 0 Å². The van der Waals surface area contributed by atoms with Crippen LogP contribution in [0.3, 0.4) is 0 Å². The second-order valence-electron chi connectivity index (χ2n) is 5.41. The Morgan fingerprint density at radius 1 is 1.37 bits per heavy atom. The van der Waals surface area contributed by atoms with Gasteiger partial charge in [0.15, 0.2) is 0 Å². The summed E-state index contributed by atoms with van der Waals surface area (Å²) in [4.78, 5) is 13.3. The molecule has 2 unspecified atom stereocenters. The Bertz CT molecular complexity index is 404. The first-order chi connectivity index (χ1) is 9.18. The Balaban J connectivity index is 2.04. The van der Waals surface area contributed by atoms with Crippen LogP contribution in [0.1, 0.15) is 50.6 Å². The lowest BCUT2D eigenvalue weighted by Crippen LogP contribution is -2.41. The molecular formula is C16H23NO2. The number of carboxylic acids is 1. The SMILES string of the molecule is CC(c1ccccc1)N1CCCCC1CCC(=O)O. The average Bonchev–Trinajstić information content (AvgIpc) is 2.45. The van der Waals surface area contributed by atoms with Gasteiger partial charge in [0.05, 0.1) is 0 Å². The van der Waals surface area contributed by atoms with Crippen LogP contribution in [0.5, 0.6) is 0 Å². The number of piperidine rings is 1. The number of hydrogen-bond donors (Lipinski definition) is 1. The molecule has 0 bridgehead atoms. The van der Waals surface area contributed by atoms with Gasteiger partial charge in [-0.1, -0.05) is 36.8 Å². The lowest BCUT2D eigenvalue weighted by Gasteiger charge is -2.40. The zero-order valence-electron chi connectivity index (χ0n) is 11.6. The molecule has 104 valence electrons. The summed E-state index contributed by atoms with van der Waals surface area (Å²) in [7, 11) is 0. The number of nitrogens with zero attached hydrogens (tertiary/aromatic N) is 1. The van der Waals surface area contributed by atoms with Crippen LogP contribution in [0, 0.1) is 0 Å². The van der Waals surface area contributed by atoms with Crippen molar-refractivity contribution in [1.29, 1.82) is 0 Å². The quantitative estimate of drug-likeness (QED) is 0.882. The summed E-state index contributed by atoms with van der Waals surface area (Å²) in [6, 6.07) is 11.3. The fraction of sp³-hybridized carbons (Fsp3) is 0.562. The fourth-order valence-electron chi connectivity index (χ4n) is 3.06. The number of hydrogen-bond acceptors (Lipinski definition) is 2. The van der Waals surface area contributed by atoms with Gasteiger partial charge in [0.2, 0.25) is 0 Å². The van der Waals surface area contributed by atoms with Crippen LogP contribution in [-0.4, -0.2) is 28.6 Å². The standard InChI is InChI=1S/C16H23NO2/c1-13(14-7-3-2-4-8-14)17-12-6-5-9-15(17)10-11-16(18)19/h2-4,7-8,13,15H,5-6,9-12H2,1H3,(H,18,19). The number of carbonyl (C=O) groups is 1. The Kier molecular flexibility index (Phi) is 4.97. The van der Waals surface area contributed by atoms with Crippen molar-refractivity contribution in [3.05, 3.63) is 35.9 Å². The van der Waals surface area contributed by atoms with E-state index in [2.05, 4.69) is 36.1 Å². The Morgan fingerprint density at radius 2 is 2.11 bits per heavy atom. The summed E-state index contributed by atoms with van der Waals surface area (Å²) in [6.45, 7) is 3.31. The van der Waals surface area contributed by atoms with Crippen LogP contribution in [0.2, 0.25) is 0 Å². The molecule has 0 saturated carbocycles. The van der Waals surface area contributed by atoms with Crippen LogP contribution < -0.4 is 0 Å². The number of likely N-dealkylation sites (tertiary alicyclic amines) is 1. The maximum atomic E-state index is 10.8. The molecule has 0 aliphatic carbocycles. The molecule has 1 aromatic carbocycles. The van der Waals surface area contributed by atoms with E-state index in [1.807, 2.05) is 6.07 Å². The van der Waals surface area contributed by atoms with Crippen LogP contribution in [0.4, 0.5) is 0 Å². The summed E-state index contributed by atoms with van der Waals surface area (Å²) in [5.41, 5.74) is 1.32. The summed E-state index contributed by atoms with van der Waals surface area (Å²) in [5, 5.41) is 8.87. The smallest absolute Gasteiger partial charge is 0.303 e. The van der Waals surface area contributed by atoms with E-state index in [9.17, 15) is 4.79 Å². The van der Waals surface area contributed by atoms with Gasteiger partial charge >= 0.3 is 5.97 Å². The van der Waals surface area contributed by atoms with Crippen LogP contribution in [0.25, 0.3) is 0 Å². The highest BCUT2D eigenvalue weighted by Gasteiger charge is 2.27. The van der Waals surface area contributed by atoms with Crippen LogP contribution in [-0.2, 0) is 4.79 Å². The molecule has 2 rings (SSSR count). The highest BCUT2D eigenvalue weighted by molar-refractivity contribution is 5.66. The maximum absolute atomic E-state index is 10.8. The van der Waals surface area contributed by atoms with E-state index in [0.29, 0.717) is 12.1 Å². The van der Waals surface area contributed by atoms with Gasteiger partial charge < -0.3 is 5.11 Å². The molecule has 1 saturated heterocycles. The molecule has 1 aromatic rings. The average molecular weight is 261 g/mol. The van der Waals surface area contributed by atoms with Gasteiger partial charge in [0, 0.05) is 18.5 Å². The molecule has 1 aliphatic heterocycles. The fourth-order valence-corrected chi connectivity index (χ4v) is 3.06. The van der Waals surface area contributed by atoms with Crippen molar-refractivity contribution in [2.75, 3.05) is 6.54 Å². The number of carboxylic acid groups (broad SMARTS) is 1. The van der Waals surface area contributed by atoms with Gasteiger partial charge in [0.25, 0.3) is 0 Å². The molecule has 0 radical (unpaired) electrons. The highest BCUT2D eigenvalue weighted by Crippen LogP contribution is 2.30. The number of benzene rings is 1. The minimum absolute atomic E-state index is 0.280. The van der Waals surface area contributed by atoms with E-state index in [-0.39, 0.29) is 6.42 Å². The lowest BCUT2D eigenvalue weighted by molar-refractivity contribution is -0.137. The number of rotatable bonds is 5. The monoisotopic (exact) mass is 261 g/mol. The van der Waals surface area contributed by atoms with Crippen molar-refractivity contribution in [2.24, 2.45) is 0 Å². The number of aliphatic carboxylic acids is 1. The third-order valence-corrected chi connectivity index (χ3v) is 4.14. The predicted molar refractivity (Wildman–Crippen MR) is 76.1 cm³/mol. The molecule has 1 heterocycles.